The number of amides is 1. The smallest absolute Gasteiger partial charge is 0.220 e. The summed E-state index contributed by atoms with van der Waals surface area (Å²) >= 11 is 0. The van der Waals surface area contributed by atoms with Crippen molar-refractivity contribution in [3.05, 3.63) is 71.4 Å². The van der Waals surface area contributed by atoms with Gasteiger partial charge < -0.3 is 14.8 Å². The van der Waals surface area contributed by atoms with Gasteiger partial charge in [-0.1, -0.05) is 67.3 Å². The average Bonchev–Trinajstić information content (AvgIpc) is 3.53. The summed E-state index contributed by atoms with van der Waals surface area (Å²) in [4.78, 5) is 15.6. The van der Waals surface area contributed by atoms with Crippen LogP contribution in [0.25, 0.3) is 10.9 Å². The second kappa shape index (κ2) is 11.4. The fourth-order valence-electron chi connectivity index (χ4n) is 6.29. The Morgan fingerprint density at radius 1 is 0.971 bits per heavy atom. The highest BCUT2D eigenvalue weighted by atomic mass is 16.1. The topological polar surface area (TPSA) is 37.3 Å². The first-order valence-electron chi connectivity index (χ1n) is 13.8. The van der Waals surface area contributed by atoms with Crippen LogP contribution < -0.4 is 5.32 Å². The van der Waals surface area contributed by atoms with Gasteiger partial charge in [-0.25, -0.2) is 0 Å². The van der Waals surface area contributed by atoms with Crippen molar-refractivity contribution in [1.29, 1.82) is 0 Å². The van der Waals surface area contributed by atoms with Gasteiger partial charge in [0, 0.05) is 43.2 Å². The highest BCUT2D eigenvalue weighted by molar-refractivity contribution is 5.86. The molecule has 1 amide bonds. The van der Waals surface area contributed by atoms with Crippen molar-refractivity contribution in [2.45, 2.75) is 70.8 Å². The number of carbonyl (C=O) groups is 1. The Kier molecular flexibility index (Phi) is 7.88. The molecule has 1 aliphatic carbocycles. The maximum atomic E-state index is 13.2. The number of aromatic nitrogens is 1. The Balaban J connectivity index is 1.38. The zero-order valence-electron chi connectivity index (χ0n) is 21.3. The lowest BCUT2D eigenvalue weighted by atomic mass is 9.75. The van der Waals surface area contributed by atoms with Crippen molar-refractivity contribution in [3.63, 3.8) is 0 Å². The molecular formula is C31H41N3O. The number of rotatable bonds is 9. The first kappa shape index (κ1) is 24.1. The van der Waals surface area contributed by atoms with E-state index >= 15 is 0 Å². The SMILES string of the molecule is Cc1ccc(Cn2cc(C(CC(=O)NCCN3CCCC3)C3CCCCC3)c3ccccc32)cc1. The normalized spacial score (nSPS) is 18.2. The van der Waals surface area contributed by atoms with E-state index in [4.69, 9.17) is 0 Å². The summed E-state index contributed by atoms with van der Waals surface area (Å²) in [5.41, 5.74) is 5.25. The van der Waals surface area contributed by atoms with Gasteiger partial charge in [0.2, 0.25) is 5.91 Å². The second-order valence-electron chi connectivity index (χ2n) is 10.8. The standard InChI is InChI=1S/C31H41N3O/c1-24-13-15-25(16-14-24)22-34-23-29(27-11-5-6-12-30(27)34)28(26-9-3-2-4-10-26)21-31(35)32-17-20-33-18-7-8-19-33/h5-6,11-16,23,26,28H,2-4,7-10,17-22H2,1H3,(H,32,35). The van der Waals surface area contributed by atoms with Crippen LogP contribution in [0.2, 0.25) is 0 Å². The van der Waals surface area contributed by atoms with Crippen molar-refractivity contribution in [3.8, 4) is 0 Å². The molecule has 2 aromatic carbocycles. The Morgan fingerprint density at radius 2 is 1.71 bits per heavy atom. The van der Waals surface area contributed by atoms with Crippen LogP contribution in [-0.4, -0.2) is 41.6 Å². The van der Waals surface area contributed by atoms with Gasteiger partial charge in [0.1, 0.15) is 0 Å². The number of carbonyl (C=O) groups excluding carboxylic acids is 1. The van der Waals surface area contributed by atoms with Crippen LogP contribution in [0.3, 0.4) is 0 Å². The molecule has 4 heteroatoms. The Bertz CT molecular complexity index is 1100. The Labute approximate surface area is 210 Å². The molecular weight excluding hydrogens is 430 g/mol. The number of aryl methyl sites for hydroxylation is 1. The first-order valence-corrected chi connectivity index (χ1v) is 13.8. The molecule has 186 valence electrons. The molecule has 5 rings (SSSR count). The summed E-state index contributed by atoms with van der Waals surface area (Å²) in [6.45, 7) is 7.11. The highest BCUT2D eigenvalue weighted by Crippen LogP contribution is 2.41. The van der Waals surface area contributed by atoms with Gasteiger partial charge in [0.15, 0.2) is 0 Å². The van der Waals surface area contributed by atoms with Crippen molar-refractivity contribution in [1.82, 2.24) is 14.8 Å². The molecule has 1 aliphatic heterocycles. The van der Waals surface area contributed by atoms with Crippen molar-refractivity contribution >= 4 is 16.8 Å². The monoisotopic (exact) mass is 471 g/mol. The molecule has 4 nitrogen and oxygen atoms in total. The summed E-state index contributed by atoms with van der Waals surface area (Å²) in [6, 6.07) is 17.6. The lowest BCUT2D eigenvalue weighted by Crippen LogP contribution is -2.34. The maximum Gasteiger partial charge on any atom is 0.220 e. The average molecular weight is 472 g/mol. The molecule has 1 N–H and O–H groups in total. The molecule has 2 aliphatic rings. The van der Waals surface area contributed by atoms with Gasteiger partial charge in [-0.3, -0.25) is 4.79 Å². The van der Waals surface area contributed by atoms with E-state index in [9.17, 15) is 4.79 Å². The number of fused-ring (bicyclic) bond motifs is 1. The fourth-order valence-corrected chi connectivity index (χ4v) is 6.29. The van der Waals surface area contributed by atoms with E-state index in [1.807, 2.05) is 0 Å². The Morgan fingerprint density at radius 3 is 2.49 bits per heavy atom. The molecule has 3 aromatic rings. The predicted molar refractivity (Wildman–Crippen MR) is 145 cm³/mol. The molecule has 0 radical (unpaired) electrons. The van der Waals surface area contributed by atoms with Gasteiger partial charge in [-0.15, -0.1) is 0 Å². The summed E-state index contributed by atoms with van der Waals surface area (Å²) in [5.74, 6) is 1.09. The number of para-hydroxylation sites is 1. The minimum Gasteiger partial charge on any atom is -0.355 e. The fraction of sp³-hybridized carbons (Fsp3) is 0.516. The highest BCUT2D eigenvalue weighted by Gasteiger charge is 2.29. The molecule has 1 saturated carbocycles. The number of nitrogens with one attached hydrogen (secondary N) is 1. The molecule has 1 saturated heterocycles. The lowest BCUT2D eigenvalue weighted by molar-refractivity contribution is -0.121. The number of hydrogen-bond donors (Lipinski definition) is 1. The van der Waals surface area contributed by atoms with Gasteiger partial charge in [-0.2, -0.15) is 0 Å². The van der Waals surface area contributed by atoms with Crippen molar-refractivity contribution in [2.75, 3.05) is 26.2 Å². The van der Waals surface area contributed by atoms with E-state index in [1.165, 1.54) is 85.6 Å². The molecule has 35 heavy (non-hydrogen) atoms. The van der Waals surface area contributed by atoms with Gasteiger partial charge in [0.05, 0.1) is 0 Å². The minimum absolute atomic E-state index is 0.218. The quantitative estimate of drug-likeness (QED) is 0.400. The number of hydrogen-bond acceptors (Lipinski definition) is 2. The third kappa shape index (κ3) is 5.98. The van der Waals surface area contributed by atoms with Crippen LogP contribution in [0.15, 0.2) is 54.7 Å². The molecule has 1 unspecified atom stereocenters. The van der Waals surface area contributed by atoms with Crippen molar-refractivity contribution < 1.29 is 4.79 Å². The molecule has 0 bridgehead atoms. The summed E-state index contributed by atoms with van der Waals surface area (Å²) in [6.07, 6.45) is 11.9. The largest absolute Gasteiger partial charge is 0.355 e. The van der Waals surface area contributed by atoms with Crippen LogP contribution in [0.1, 0.15) is 74.0 Å². The van der Waals surface area contributed by atoms with E-state index in [0.717, 1.165) is 19.6 Å². The van der Waals surface area contributed by atoms with Crippen LogP contribution in [0.5, 0.6) is 0 Å². The van der Waals surface area contributed by atoms with Crippen LogP contribution in [0, 0.1) is 12.8 Å². The lowest BCUT2D eigenvalue weighted by Gasteiger charge is -2.30. The summed E-state index contributed by atoms with van der Waals surface area (Å²) in [5, 5.41) is 4.58. The van der Waals surface area contributed by atoms with E-state index in [-0.39, 0.29) is 11.8 Å². The summed E-state index contributed by atoms with van der Waals surface area (Å²) < 4.78 is 2.40. The zero-order chi connectivity index (χ0) is 24.0. The molecule has 1 atom stereocenters. The number of nitrogens with zero attached hydrogens (tertiary/aromatic N) is 2. The molecule has 2 heterocycles. The molecule has 0 spiro atoms. The van der Waals surface area contributed by atoms with Gasteiger partial charge >= 0.3 is 0 Å². The predicted octanol–water partition coefficient (Wildman–Crippen LogP) is 6.26. The van der Waals surface area contributed by atoms with E-state index in [2.05, 4.69) is 76.4 Å². The van der Waals surface area contributed by atoms with Gasteiger partial charge in [-0.05, 0) is 74.7 Å². The van der Waals surface area contributed by atoms with Crippen LogP contribution in [0.4, 0.5) is 0 Å². The van der Waals surface area contributed by atoms with E-state index in [0.29, 0.717) is 12.3 Å². The van der Waals surface area contributed by atoms with Crippen LogP contribution in [-0.2, 0) is 11.3 Å². The second-order valence-corrected chi connectivity index (χ2v) is 10.8. The first-order chi connectivity index (χ1) is 17.2. The number of benzene rings is 2. The molecule has 2 fully saturated rings. The third-order valence-corrected chi connectivity index (χ3v) is 8.27. The Hall–Kier alpha value is -2.59. The van der Waals surface area contributed by atoms with Crippen LogP contribution >= 0.6 is 0 Å². The summed E-state index contributed by atoms with van der Waals surface area (Å²) in [7, 11) is 0. The third-order valence-electron chi connectivity index (χ3n) is 8.27. The molecule has 1 aromatic heterocycles. The van der Waals surface area contributed by atoms with E-state index in [1.54, 1.807) is 0 Å². The van der Waals surface area contributed by atoms with E-state index < -0.39 is 0 Å². The van der Waals surface area contributed by atoms with Gasteiger partial charge in [0.25, 0.3) is 0 Å². The minimum atomic E-state index is 0.218. The van der Waals surface area contributed by atoms with Crippen molar-refractivity contribution in [2.24, 2.45) is 5.92 Å². The maximum absolute atomic E-state index is 13.2. The zero-order valence-corrected chi connectivity index (χ0v) is 21.3. The number of likely N-dealkylation sites (tertiary alicyclic amines) is 1.